The number of fused-ring (bicyclic) bond motifs is 1. The van der Waals surface area contributed by atoms with Crippen molar-refractivity contribution in [2.45, 2.75) is 39.2 Å². The van der Waals surface area contributed by atoms with E-state index in [0.717, 1.165) is 24.8 Å². The molecular weight excluding hydrogens is 400 g/mol. The Labute approximate surface area is 180 Å². The predicted molar refractivity (Wildman–Crippen MR) is 115 cm³/mol. The molecule has 4 rings (SSSR count). The molecule has 0 radical (unpaired) electrons. The highest BCUT2D eigenvalue weighted by atomic mass is 35.5. The van der Waals surface area contributed by atoms with Crippen LogP contribution in [0, 0.1) is 6.92 Å². The van der Waals surface area contributed by atoms with Gasteiger partial charge < -0.3 is 4.74 Å². The molecule has 0 N–H and O–H groups in total. The largest absolute Gasteiger partial charge is 0.454 e. The second-order valence-electron chi connectivity index (χ2n) is 7.58. The molecule has 1 aliphatic carbocycles. The molecule has 0 aliphatic heterocycles. The van der Waals surface area contributed by atoms with Crippen LogP contribution in [0.2, 0.25) is 5.15 Å². The number of aryl methyl sites for hydroxylation is 3. The quantitative estimate of drug-likeness (QED) is 0.422. The fraction of sp³-hybridized carbons (Fsp3) is 0.292. The number of rotatable bonds is 6. The standard InChI is InChI=1S/C24H23ClN2O3/c1-16-22(23(25)27(26-16)14-17-7-3-2-4-8-17)24(29)30-15-21(28)20-12-11-18-9-5-6-10-19(18)13-20/h2-4,7-8,11-13H,5-6,9-10,14-15H2,1H3. The monoisotopic (exact) mass is 422 g/mol. The first kappa shape index (κ1) is 20.4. The van der Waals surface area contributed by atoms with Crippen molar-refractivity contribution in [3.05, 3.63) is 87.2 Å². The van der Waals surface area contributed by atoms with Crippen molar-refractivity contribution in [3.8, 4) is 0 Å². The molecule has 0 unspecified atom stereocenters. The van der Waals surface area contributed by atoms with E-state index >= 15 is 0 Å². The lowest BCUT2D eigenvalue weighted by Gasteiger charge is -2.16. The molecule has 5 nitrogen and oxygen atoms in total. The fourth-order valence-electron chi connectivity index (χ4n) is 3.84. The zero-order valence-corrected chi connectivity index (χ0v) is 17.6. The number of esters is 1. The smallest absolute Gasteiger partial charge is 0.343 e. The van der Waals surface area contributed by atoms with E-state index in [4.69, 9.17) is 16.3 Å². The molecule has 0 saturated carbocycles. The average Bonchev–Trinajstić information content (AvgIpc) is 3.05. The number of halogens is 1. The van der Waals surface area contributed by atoms with Crippen LogP contribution >= 0.6 is 11.6 Å². The van der Waals surface area contributed by atoms with Crippen LogP contribution in [0.3, 0.4) is 0 Å². The number of Topliss-reactive ketones (excluding diaryl/α,β-unsaturated/α-hetero) is 1. The molecule has 1 aromatic heterocycles. The molecule has 30 heavy (non-hydrogen) atoms. The van der Waals surface area contributed by atoms with Gasteiger partial charge in [-0.15, -0.1) is 0 Å². The lowest BCUT2D eigenvalue weighted by molar-refractivity contribution is 0.0474. The Hall–Kier alpha value is -2.92. The molecule has 6 heteroatoms. The first-order chi connectivity index (χ1) is 14.5. The van der Waals surface area contributed by atoms with E-state index in [9.17, 15) is 9.59 Å². The topological polar surface area (TPSA) is 61.2 Å². The van der Waals surface area contributed by atoms with E-state index < -0.39 is 5.97 Å². The number of ketones is 1. The van der Waals surface area contributed by atoms with Gasteiger partial charge in [-0.1, -0.05) is 54.1 Å². The minimum Gasteiger partial charge on any atom is -0.454 e. The van der Waals surface area contributed by atoms with Gasteiger partial charge in [-0.25, -0.2) is 9.48 Å². The van der Waals surface area contributed by atoms with Crippen LogP contribution < -0.4 is 0 Å². The molecule has 0 amide bonds. The summed E-state index contributed by atoms with van der Waals surface area (Å²) in [6, 6.07) is 15.5. The molecule has 1 aliphatic rings. The minimum atomic E-state index is -0.636. The van der Waals surface area contributed by atoms with Gasteiger partial charge >= 0.3 is 5.97 Å². The number of ether oxygens (including phenoxy) is 1. The van der Waals surface area contributed by atoms with E-state index in [1.165, 1.54) is 17.5 Å². The molecule has 0 spiro atoms. The molecule has 0 bridgehead atoms. The molecule has 1 heterocycles. The Morgan fingerprint density at radius 3 is 2.57 bits per heavy atom. The van der Waals surface area contributed by atoms with E-state index in [-0.39, 0.29) is 23.1 Å². The summed E-state index contributed by atoms with van der Waals surface area (Å²) < 4.78 is 6.85. The van der Waals surface area contributed by atoms with Crippen molar-refractivity contribution in [1.29, 1.82) is 0 Å². The molecule has 0 atom stereocenters. The summed E-state index contributed by atoms with van der Waals surface area (Å²) in [4.78, 5) is 25.2. The van der Waals surface area contributed by atoms with Gasteiger partial charge in [0.1, 0.15) is 10.7 Å². The van der Waals surface area contributed by atoms with Gasteiger partial charge in [-0.2, -0.15) is 5.10 Å². The summed E-state index contributed by atoms with van der Waals surface area (Å²) in [5.41, 5.74) is 4.80. The van der Waals surface area contributed by atoms with Gasteiger partial charge in [0.05, 0.1) is 12.2 Å². The van der Waals surface area contributed by atoms with Crippen molar-refractivity contribution in [1.82, 2.24) is 9.78 Å². The van der Waals surface area contributed by atoms with E-state index in [0.29, 0.717) is 17.8 Å². The van der Waals surface area contributed by atoms with Crippen LogP contribution in [0.5, 0.6) is 0 Å². The maximum absolute atomic E-state index is 12.6. The normalized spacial score (nSPS) is 13.0. The number of carbonyl (C=O) groups excluding carboxylic acids is 2. The highest BCUT2D eigenvalue weighted by Gasteiger charge is 2.23. The van der Waals surface area contributed by atoms with Crippen molar-refractivity contribution in [3.63, 3.8) is 0 Å². The van der Waals surface area contributed by atoms with Crippen LogP contribution in [0.4, 0.5) is 0 Å². The summed E-state index contributed by atoms with van der Waals surface area (Å²) >= 11 is 6.40. The summed E-state index contributed by atoms with van der Waals surface area (Å²) in [5, 5.41) is 4.57. The maximum atomic E-state index is 12.6. The lowest BCUT2D eigenvalue weighted by Crippen LogP contribution is -2.16. The van der Waals surface area contributed by atoms with Crippen LogP contribution in [-0.2, 0) is 24.1 Å². The van der Waals surface area contributed by atoms with Gasteiger partial charge in [0.2, 0.25) is 0 Å². The van der Waals surface area contributed by atoms with Crippen LogP contribution in [-0.4, -0.2) is 28.1 Å². The summed E-state index contributed by atoms with van der Waals surface area (Å²) in [5.74, 6) is -0.856. The number of hydrogen-bond donors (Lipinski definition) is 0. The van der Waals surface area contributed by atoms with Gasteiger partial charge in [-0.3, -0.25) is 4.79 Å². The third-order valence-electron chi connectivity index (χ3n) is 5.45. The maximum Gasteiger partial charge on any atom is 0.343 e. The van der Waals surface area contributed by atoms with Crippen molar-refractivity contribution >= 4 is 23.4 Å². The Bertz CT molecular complexity index is 1090. The number of benzene rings is 2. The van der Waals surface area contributed by atoms with Crippen LogP contribution in [0.25, 0.3) is 0 Å². The van der Waals surface area contributed by atoms with Crippen LogP contribution in [0.15, 0.2) is 48.5 Å². The number of carbonyl (C=O) groups is 2. The fourth-order valence-corrected chi connectivity index (χ4v) is 4.15. The molecule has 2 aromatic carbocycles. The number of aromatic nitrogens is 2. The summed E-state index contributed by atoms with van der Waals surface area (Å²) in [7, 11) is 0. The van der Waals surface area contributed by atoms with Crippen molar-refractivity contribution in [2.24, 2.45) is 0 Å². The van der Waals surface area contributed by atoms with Crippen molar-refractivity contribution < 1.29 is 14.3 Å². The van der Waals surface area contributed by atoms with Gasteiger partial charge in [-0.05, 0) is 55.4 Å². The van der Waals surface area contributed by atoms with Gasteiger partial charge in [0.15, 0.2) is 12.4 Å². The molecule has 154 valence electrons. The lowest BCUT2D eigenvalue weighted by atomic mass is 9.90. The zero-order chi connectivity index (χ0) is 21.1. The average molecular weight is 423 g/mol. The zero-order valence-electron chi connectivity index (χ0n) is 16.9. The van der Waals surface area contributed by atoms with E-state index in [1.807, 2.05) is 48.5 Å². The number of hydrogen-bond acceptors (Lipinski definition) is 4. The summed E-state index contributed by atoms with van der Waals surface area (Å²) in [6.07, 6.45) is 4.38. The SMILES string of the molecule is Cc1nn(Cc2ccccc2)c(Cl)c1C(=O)OCC(=O)c1ccc2c(c1)CCCC2. The van der Waals surface area contributed by atoms with Crippen LogP contribution in [0.1, 0.15) is 55.9 Å². The second-order valence-corrected chi connectivity index (χ2v) is 7.94. The van der Waals surface area contributed by atoms with Gasteiger partial charge in [0, 0.05) is 5.56 Å². The molecule has 3 aromatic rings. The molecule has 0 saturated heterocycles. The first-order valence-corrected chi connectivity index (χ1v) is 10.5. The third-order valence-corrected chi connectivity index (χ3v) is 5.83. The first-order valence-electron chi connectivity index (χ1n) is 10.1. The Kier molecular flexibility index (Phi) is 6.00. The second kappa shape index (κ2) is 8.84. The van der Waals surface area contributed by atoms with Crippen molar-refractivity contribution in [2.75, 3.05) is 6.61 Å². The Balaban J connectivity index is 1.43. The highest BCUT2D eigenvalue weighted by molar-refractivity contribution is 6.32. The minimum absolute atomic E-state index is 0.200. The predicted octanol–water partition coefficient (Wildman–Crippen LogP) is 4.81. The van der Waals surface area contributed by atoms with E-state index in [2.05, 4.69) is 5.10 Å². The molecule has 0 fully saturated rings. The number of nitrogens with zero attached hydrogens (tertiary/aromatic N) is 2. The Morgan fingerprint density at radius 1 is 1.07 bits per heavy atom. The highest BCUT2D eigenvalue weighted by Crippen LogP contribution is 2.24. The van der Waals surface area contributed by atoms with Gasteiger partial charge in [0.25, 0.3) is 0 Å². The van der Waals surface area contributed by atoms with E-state index in [1.54, 1.807) is 11.6 Å². The summed E-state index contributed by atoms with van der Waals surface area (Å²) in [6.45, 7) is 1.83. The third kappa shape index (κ3) is 4.31. The Morgan fingerprint density at radius 2 is 1.80 bits per heavy atom. The molecular formula is C24H23ClN2O3.